The monoisotopic (exact) mass is 274 g/mol. The van der Waals surface area contributed by atoms with Gasteiger partial charge in [-0.15, -0.1) is 0 Å². The zero-order chi connectivity index (χ0) is 17.3. The number of aryl methyl sites for hydroxylation is 1. The van der Waals surface area contributed by atoms with Gasteiger partial charge in [0.25, 0.3) is 0 Å². The second kappa shape index (κ2) is 5.90. The molecular formula is C16H18N2O2. The molecule has 0 bridgehead atoms. The number of benzene rings is 1. The van der Waals surface area contributed by atoms with Crippen LogP contribution in [-0.2, 0) is 6.42 Å². The van der Waals surface area contributed by atoms with Crippen LogP contribution in [0.2, 0.25) is 0 Å². The van der Waals surface area contributed by atoms with Crippen molar-refractivity contribution in [3.05, 3.63) is 48.0 Å². The van der Waals surface area contributed by atoms with Crippen molar-refractivity contribution < 1.29 is 15.0 Å². The van der Waals surface area contributed by atoms with E-state index in [2.05, 4.69) is 9.97 Å². The molecule has 0 radical (unpaired) electrons. The molecule has 1 saturated carbocycles. The first-order valence-electron chi connectivity index (χ1n) is 8.75. The van der Waals surface area contributed by atoms with Crippen molar-refractivity contribution in [3.8, 4) is 5.75 Å². The zero-order valence-electron chi connectivity index (χ0n) is 15.0. The van der Waals surface area contributed by atoms with Crippen LogP contribution in [0.3, 0.4) is 0 Å². The fourth-order valence-electron chi connectivity index (χ4n) is 1.90. The molecule has 0 amide bonds. The molecule has 0 atom stereocenters. The number of nitrogens with one attached hydrogen (secondary N) is 1. The first kappa shape index (κ1) is 8.95. The van der Waals surface area contributed by atoms with E-state index in [-0.39, 0.29) is 53.8 Å². The summed E-state index contributed by atoms with van der Waals surface area (Å²) in [6.07, 6.45) is 6.17. The standard InChI is InChI=1S/C16H18N2O2/c19-16(12-3-4-12)13-5-7-15(8-6-13)20-9-1-2-14-10-17-11-18-14/h5-8,10-12H,1-4,9H2,(H,17,18)/i5D,6D,7D,8D. The Hall–Kier alpha value is -2.10. The summed E-state index contributed by atoms with van der Waals surface area (Å²) in [6, 6.07) is -1.20. The van der Waals surface area contributed by atoms with Gasteiger partial charge in [0, 0.05) is 23.4 Å². The van der Waals surface area contributed by atoms with Crippen LogP contribution in [0.5, 0.6) is 5.75 Å². The third-order valence-corrected chi connectivity index (χ3v) is 3.19. The summed E-state index contributed by atoms with van der Waals surface area (Å²) in [5.74, 6) is -0.544. The lowest BCUT2D eigenvalue weighted by Gasteiger charge is -2.06. The van der Waals surface area contributed by atoms with Gasteiger partial charge in [0.15, 0.2) is 5.78 Å². The fourth-order valence-corrected chi connectivity index (χ4v) is 1.90. The highest BCUT2D eigenvalue weighted by Crippen LogP contribution is 2.32. The number of hydrogen-bond acceptors (Lipinski definition) is 3. The molecule has 1 heterocycles. The van der Waals surface area contributed by atoms with Gasteiger partial charge in [-0.2, -0.15) is 0 Å². The molecule has 0 saturated heterocycles. The Labute approximate surface area is 123 Å². The van der Waals surface area contributed by atoms with Gasteiger partial charge in [0.05, 0.1) is 18.4 Å². The van der Waals surface area contributed by atoms with E-state index in [1.54, 1.807) is 12.5 Å². The van der Waals surface area contributed by atoms with Gasteiger partial charge in [-0.3, -0.25) is 4.79 Å². The van der Waals surface area contributed by atoms with E-state index in [4.69, 9.17) is 10.2 Å². The van der Waals surface area contributed by atoms with Gasteiger partial charge >= 0.3 is 0 Å². The fraction of sp³-hybridized carbons (Fsp3) is 0.375. The molecule has 0 aliphatic heterocycles. The van der Waals surface area contributed by atoms with Crippen LogP contribution in [-0.4, -0.2) is 22.4 Å². The molecule has 1 aliphatic carbocycles. The molecule has 1 aromatic carbocycles. The van der Waals surface area contributed by atoms with Gasteiger partial charge in [0.2, 0.25) is 0 Å². The summed E-state index contributed by atoms with van der Waals surface area (Å²) in [5, 5.41) is 0. The van der Waals surface area contributed by atoms with E-state index < -0.39 is 0 Å². The second-order valence-electron chi connectivity index (χ2n) is 4.87. The largest absolute Gasteiger partial charge is 0.494 e. The molecule has 20 heavy (non-hydrogen) atoms. The summed E-state index contributed by atoms with van der Waals surface area (Å²) < 4.78 is 37.5. The molecule has 1 aromatic heterocycles. The van der Waals surface area contributed by atoms with Crippen LogP contribution in [0, 0.1) is 5.92 Å². The number of ketones is 1. The highest BCUT2D eigenvalue weighted by molar-refractivity contribution is 5.99. The third kappa shape index (κ3) is 3.26. The van der Waals surface area contributed by atoms with Crippen LogP contribution in [0.25, 0.3) is 0 Å². The van der Waals surface area contributed by atoms with E-state index in [1.165, 1.54) is 0 Å². The lowest BCUT2D eigenvalue weighted by molar-refractivity contribution is 0.0967. The third-order valence-electron chi connectivity index (χ3n) is 3.19. The number of H-pyrrole nitrogens is 1. The number of imidazole rings is 1. The number of carbonyl (C=O) groups excluding carboxylic acids is 1. The normalized spacial score (nSPS) is 17.0. The Morgan fingerprint density at radius 1 is 1.40 bits per heavy atom. The van der Waals surface area contributed by atoms with Crippen LogP contribution in [0.4, 0.5) is 0 Å². The average molecular weight is 274 g/mol. The van der Waals surface area contributed by atoms with E-state index in [9.17, 15) is 4.79 Å². The topological polar surface area (TPSA) is 55.0 Å². The number of ether oxygens (including phenoxy) is 1. The molecule has 4 nitrogen and oxygen atoms in total. The Kier molecular flexibility index (Phi) is 2.64. The molecule has 4 heteroatoms. The maximum atomic E-state index is 12.2. The molecule has 1 N–H and O–H groups in total. The van der Waals surface area contributed by atoms with Crippen molar-refractivity contribution >= 4 is 5.78 Å². The van der Waals surface area contributed by atoms with Crippen LogP contribution < -0.4 is 4.74 Å². The number of carbonyl (C=O) groups is 1. The molecule has 0 spiro atoms. The quantitative estimate of drug-likeness (QED) is 0.623. The van der Waals surface area contributed by atoms with Crippen LogP contribution >= 0.6 is 0 Å². The van der Waals surface area contributed by atoms with Crippen molar-refractivity contribution in [2.45, 2.75) is 25.7 Å². The smallest absolute Gasteiger partial charge is 0.165 e. The van der Waals surface area contributed by atoms with Crippen molar-refractivity contribution in [2.75, 3.05) is 6.61 Å². The summed E-state index contributed by atoms with van der Waals surface area (Å²) >= 11 is 0. The summed E-state index contributed by atoms with van der Waals surface area (Å²) in [5.41, 5.74) is 0.848. The number of Topliss-reactive ketones (excluding diaryl/α,β-unsaturated/α-hetero) is 1. The zero-order valence-corrected chi connectivity index (χ0v) is 11.0. The molecule has 0 unspecified atom stereocenters. The summed E-state index contributed by atoms with van der Waals surface area (Å²) in [6.45, 7) is 0.256. The highest BCUT2D eigenvalue weighted by atomic mass is 16.5. The van der Waals surface area contributed by atoms with Crippen molar-refractivity contribution in [3.63, 3.8) is 0 Å². The number of nitrogens with zero attached hydrogens (tertiary/aromatic N) is 1. The number of aromatic amines is 1. The van der Waals surface area contributed by atoms with Gasteiger partial charge in [-0.05, 0) is 49.9 Å². The van der Waals surface area contributed by atoms with Gasteiger partial charge in [-0.1, -0.05) is 0 Å². The lowest BCUT2D eigenvalue weighted by atomic mass is 10.1. The summed E-state index contributed by atoms with van der Waals surface area (Å²) in [4.78, 5) is 19.1. The van der Waals surface area contributed by atoms with E-state index in [0.29, 0.717) is 12.8 Å². The first-order valence-corrected chi connectivity index (χ1v) is 6.75. The SMILES string of the molecule is [2H]c1c([2H])c(C(=O)C2CC2)c([2H])c([2H])c1OCCCc1cnc[nH]1. The number of rotatable bonds is 7. The molecule has 1 aliphatic rings. The van der Waals surface area contributed by atoms with E-state index in [0.717, 1.165) is 18.5 Å². The predicted octanol–water partition coefficient (Wildman–Crippen LogP) is 3.01. The van der Waals surface area contributed by atoms with Crippen molar-refractivity contribution in [1.29, 1.82) is 0 Å². The minimum atomic E-state index is -0.309. The Balaban J connectivity index is 1.74. The van der Waals surface area contributed by atoms with Gasteiger partial charge in [0.1, 0.15) is 5.75 Å². The molecule has 1 fully saturated rings. The Bertz CT molecular complexity index is 729. The highest BCUT2D eigenvalue weighted by Gasteiger charge is 2.30. The maximum Gasteiger partial charge on any atom is 0.165 e. The molecule has 104 valence electrons. The van der Waals surface area contributed by atoms with Crippen LogP contribution in [0.15, 0.2) is 36.7 Å². The summed E-state index contributed by atoms with van der Waals surface area (Å²) in [7, 11) is 0. The maximum absolute atomic E-state index is 12.2. The second-order valence-corrected chi connectivity index (χ2v) is 4.87. The minimum absolute atomic E-state index is 0.0954. The molecule has 3 rings (SSSR count). The number of aromatic nitrogens is 2. The van der Waals surface area contributed by atoms with E-state index in [1.807, 2.05) is 0 Å². The Morgan fingerprint density at radius 2 is 2.20 bits per heavy atom. The molecular weight excluding hydrogens is 252 g/mol. The molecule has 2 aromatic rings. The average Bonchev–Trinajstić information content (AvgIpc) is 3.29. The predicted molar refractivity (Wildman–Crippen MR) is 75.9 cm³/mol. The van der Waals surface area contributed by atoms with Gasteiger partial charge in [-0.25, -0.2) is 4.98 Å². The minimum Gasteiger partial charge on any atom is -0.494 e. The van der Waals surface area contributed by atoms with E-state index >= 15 is 0 Å². The lowest BCUT2D eigenvalue weighted by Crippen LogP contribution is -2.02. The van der Waals surface area contributed by atoms with Gasteiger partial charge < -0.3 is 9.72 Å². The van der Waals surface area contributed by atoms with Crippen molar-refractivity contribution in [1.82, 2.24) is 9.97 Å². The van der Waals surface area contributed by atoms with Crippen LogP contribution in [0.1, 0.15) is 40.8 Å². The van der Waals surface area contributed by atoms with Crippen molar-refractivity contribution in [2.24, 2.45) is 5.92 Å². The number of hydrogen-bond donors (Lipinski definition) is 1. The first-order chi connectivity index (χ1) is 11.5. The Morgan fingerprint density at radius 3 is 2.85 bits per heavy atom.